The van der Waals surface area contributed by atoms with E-state index >= 15 is 0 Å². The van der Waals surface area contributed by atoms with Crippen LogP contribution in [0.4, 0.5) is 0 Å². The number of fused-ring (bicyclic) bond motifs is 2. The molecule has 0 aromatic heterocycles. The first-order chi connectivity index (χ1) is 12.9. The van der Waals surface area contributed by atoms with E-state index in [0.717, 1.165) is 31.5 Å². The van der Waals surface area contributed by atoms with Crippen LogP contribution in [0, 0.1) is 0 Å². The number of sulfonamides is 1. The van der Waals surface area contributed by atoms with Crippen LogP contribution >= 0.6 is 0 Å². The maximum atomic E-state index is 12.6. The summed E-state index contributed by atoms with van der Waals surface area (Å²) in [6, 6.07) is 7.99. The Labute approximate surface area is 163 Å². The van der Waals surface area contributed by atoms with Gasteiger partial charge in [0.1, 0.15) is 0 Å². The van der Waals surface area contributed by atoms with E-state index in [1.165, 1.54) is 10.7 Å². The molecule has 2 unspecified atom stereocenters. The highest BCUT2D eigenvalue weighted by molar-refractivity contribution is 7.89. The molecule has 7 heteroatoms. The third-order valence-electron chi connectivity index (χ3n) is 5.77. The molecule has 2 bridgehead atoms. The standard InChI is InChI=1S/C20H31N3O3S/c1-3-23(4-2)27(25,26)19-10-5-16(6-11-19)7-12-20(24)22-14-13-17-8-9-18(15-22)21-17/h5-6,10-11,17-18,21H,3-4,7-9,12-15H2,1-2H3. The molecule has 2 aliphatic rings. The summed E-state index contributed by atoms with van der Waals surface area (Å²) in [6.45, 7) is 6.25. The van der Waals surface area contributed by atoms with Crippen molar-refractivity contribution >= 4 is 15.9 Å². The van der Waals surface area contributed by atoms with Gasteiger partial charge in [0.2, 0.25) is 15.9 Å². The quantitative estimate of drug-likeness (QED) is 0.769. The Morgan fingerprint density at radius 3 is 2.44 bits per heavy atom. The average Bonchev–Trinajstić information content (AvgIpc) is 2.99. The Hall–Kier alpha value is -1.44. The van der Waals surface area contributed by atoms with E-state index < -0.39 is 10.0 Å². The van der Waals surface area contributed by atoms with Crippen LogP contribution in [-0.4, -0.2) is 61.8 Å². The minimum absolute atomic E-state index is 0.198. The summed E-state index contributed by atoms with van der Waals surface area (Å²) in [6.07, 6.45) is 4.55. The summed E-state index contributed by atoms with van der Waals surface area (Å²) in [5.74, 6) is 0.198. The molecule has 1 aromatic rings. The molecule has 2 aliphatic heterocycles. The summed E-state index contributed by atoms with van der Waals surface area (Å²) in [4.78, 5) is 14.9. The zero-order valence-corrected chi connectivity index (χ0v) is 17.2. The Morgan fingerprint density at radius 2 is 1.78 bits per heavy atom. The summed E-state index contributed by atoms with van der Waals surface area (Å²) in [7, 11) is -3.42. The van der Waals surface area contributed by atoms with Crippen LogP contribution in [0.5, 0.6) is 0 Å². The Balaban J connectivity index is 1.56. The highest BCUT2D eigenvalue weighted by atomic mass is 32.2. The fraction of sp³-hybridized carbons (Fsp3) is 0.650. The maximum absolute atomic E-state index is 12.6. The topological polar surface area (TPSA) is 69.7 Å². The van der Waals surface area contributed by atoms with Crippen LogP contribution in [0.15, 0.2) is 29.2 Å². The Bertz CT molecular complexity index is 744. The second-order valence-electron chi connectivity index (χ2n) is 7.50. The van der Waals surface area contributed by atoms with Crippen molar-refractivity contribution in [3.05, 3.63) is 29.8 Å². The molecule has 1 aromatic carbocycles. The van der Waals surface area contributed by atoms with Gasteiger partial charge >= 0.3 is 0 Å². The molecule has 27 heavy (non-hydrogen) atoms. The number of benzene rings is 1. The average molecular weight is 394 g/mol. The van der Waals surface area contributed by atoms with E-state index in [2.05, 4.69) is 5.32 Å². The molecular weight excluding hydrogens is 362 g/mol. The van der Waals surface area contributed by atoms with Gasteiger partial charge in [-0.15, -0.1) is 0 Å². The minimum atomic E-state index is -3.42. The molecule has 0 saturated carbocycles. The molecule has 1 amide bonds. The molecule has 2 atom stereocenters. The van der Waals surface area contributed by atoms with Gasteiger partial charge in [0.05, 0.1) is 4.90 Å². The maximum Gasteiger partial charge on any atom is 0.243 e. The zero-order chi connectivity index (χ0) is 19.4. The molecule has 0 spiro atoms. The molecule has 150 valence electrons. The largest absolute Gasteiger partial charge is 0.341 e. The van der Waals surface area contributed by atoms with Crippen LogP contribution in [0.25, 0.3) is 0 Å². The normalized spacial score (nSPS) is 22.9. The Morgan fingerprint density at radius 1 is 1.11 bits per heavy atom. The van der Waals surface area contributed by atoms with Crippen molar-refractivity contribution < 1.29 is 13.2 Å². The van der Waals surface area contributed by atoms with Crippen LogP contribution < -0.4 is 5.32 Å². The lowest BCUT2D eigenvalue weighted by molar-refractivity contribution is -0.131. The second kappa shape index (κ2) is 8.71. The number of carbonyl (C=O) groups excluding carboxylic acids is 1. The van der Waals surface area contributed by atoms with Crippen molar-refractivity contribution in [2.45, 2.75) is 62.9 Å². The number of aryl methyl sites for hydroxylation is 1. The van der Waals surface area contributed by atoms with Gasteiger partial charge in [0.25, 0.3) is 0 Å². The van der Waals surface area contributed by atoms with Gasteiger partial charge in [-0.3, -0.25) is 4.79 Å². The lowest BCUT2D eigenvalue weighted by Gasteiger charge is -2.24. The van der Waals surface area contributed by atoms with Crippen molar-refractivity contribution in [3.8, 4) is 0 Å². The van der Waals surface area contributed by atoms with E-state index in [1.807, 2.05) is 30.9 Å². The molecule has 2 saturated heterocycles. The van der Waals surface area contributed by atoms with E-state index in [-0.39, 0.29) is 5.91 Å². The van der Waals surface area contributed by atoms with Gasteiger partial charge in [-0.05, 0) is 43.4 Å². The lowest BCUT2D eigenvalue weighted by atomic mass is 10.1. The number of hydrogen-bond acceptors (Lipinski definition) is 4. The minimum Gasteiger partial charge on any atom is -0.341 e. The summed E-state index contributed by atoms with van der Waals surface area (Å²) in [5.41, 5.74) is 0.997. The van der Waals surface area contributed by atoms with Gasteiger partial charge in [-0.2, -0.15) is 4.31 Å². The number of hydrogen-bond donors (Lipinski definition) is 1. The van der Waals surface area contributed by atoms with Crippen molar-refractivity contribution in [3.63, 3.8) is 0 Å². The van der Waals surface area contributed by atoms with Crippen LogP contribution in [0.3, 0.4) is 0 Å². The predicted octanol–water partition coefficient (Wildman–Crippen LogP) is 2.00. The molecule has 2 heterocycles. The van der Waals surface area contributed by atoms with Crippen molar-refractivity contribution in [1.29, 1.82) is 0 Å². The number of nitrogens with one attached hydrogen (secondary N) is 1. The smallest absolute Gasteiger partial charge is 0.243 e. The van der Waals surface area contributed by atoms with Crippen LogP contribution in [0.1, 0.15) is 45.1 Å². The lowest BCUT2D eigenvalue weighted by Crippen LogP contribution is -2.39. The summed E-state index contributed by atoms with van der Waals surface area (Å²) in [5, 5.41) is 3.60. The summed E-state index contributed by atoms with van der Waals surface area (Å²) < 4.78 is 26.5. The van der Waals surface area contributed by atoms with Crippen molar-refractivity contribution in [1.82, 2.24) is 14.5 Å². The molecule has 1 N–H and O–H groups in total. The zero-order valence-electron chi connectivity index (χ0n) is 16.4. The fourth-order valence-electron chi connectivity index (χ4n) is 4.12. The number of likely N-dealkylation sites (tertiary alicyclic amines) is 1. The van der Waals surface area contributed by atoms with E-state index in [4.69, 9.17) is 0 Å². The van der Waals surface area contributed by atoms with E-state index in [0.29, 0.717) is 42.9 Å². The molecule has 3 rings (SSSR count). The number of carbonyl (C=O) groups is 1. The van der Waals surface area contributed by atoms with Crippen LogP contribution in [0.2, 0.25) is 0 Å². The fourth-order valence-corrected chi connectivity index (χ4v) is 5.58. The Kier molecular flexibility index (Phi) is 6.55. The van der Waals surface area contributed by atoms with Crippen LogP contribution in [-0.2, 0) is 21.2 Å². The third kappa shape index (κ3) is 4.70. The second-order valence-corrected chi connectivity index (χ2v) is 9.44. The van der Waals surface area contributed by atoms with E-state index in [1.54, 1.807) is 12.1 Å². The molecule has 2 fully saturated rings. The highest BCUT2D eigenvalue weighted by Crippen LogP contribution is 2.21. The number of nitrogens with zero attached hydrogens (tertiary/aromatic N) is 2. The van der Waals surface area contributed by atoms with Crippen molar-refractivity contribution in [2.24, 2.45) is 0 Å². The molecule has 0 aliphatic carbocycles. The van der Waals surface area contributed by atoms with Crippen molar-refractivity contribution in [2.75, 3.05) is 26.2 Å². The van der Waals surface area contributed by atoms with Gasteiger partial charge in [0.15, 0.2) is 0 Å². The predicted molar refractivity (Wildman–Crippen MR) is 106 cm³/mol. The summed E-state index contributed by atoms with van der Waals surface area (Å²) >= 11 is 0. The SMILES string of the molecule is CCN(CC)S(=O)(=O)c1ccc(CCC(=O)N2CCC3CCC(C2)N3)cc1. The first-order valence-corrected chi connectivity index (χ1v) is 11.5. The first kappa shape index (κ1) is 20.3. The molecule has 0 radical (unpaired) electrons. The number of amides is 1. The monoisotopic (exact) mass is 393 g/mol. The highest BCUT2D eigenvalue weighted by Gasteiger charge is 2.30. The van der Waals surface area contributed by atoms with Gasteiger partial charge < -0.3 is 10.2 Å². The third-order valence-corrected chi connectivity index (χ3v) is 7.83. The number of rotatable bonds is 7. The molecular formula is C20H31N3O3S. The van der Waals surface area contributed by atoms with E-state index in [9.17, 15) is 13.2 Å². The van der Waals surface area contributed by atoms with Gasteiger partial charge in [0, 0.05) is 44.7 Å². The molecule has 6 nitrogen and oxygen atoms in total. The first-order valence-electron chi connectivity index (χ1n) is 10.1. The van der Waals surface area contributed by atoms with Gasteiger partial charge in [-0.1, -0.05) is 26.0 Å². The van der Waals surface area contributed by atoms with Gasteiger partial charge in [-0.25, -0.2) is 8.42 Å².